The van der Waals surface area contributed by atoms with Crippen LogP contribution in [-0.2, 0) is 9.53 Å². The summed E-state index contributed by atoms with van der Waals surface area (Å²) in [7, 11) is 0. The molecular weight excluding hydrogens is 202 g/mol. The van der Waals surface area contributed by atoms with Crippen LogP contribution in [0.5, 0.6) is 0 Å². The van der Waals surface area contributed by atoms with Gasteiger partial charge in [0, 0.05) is 0 Å². The van der Waals surface area contributed by atoms with Crippen LogP contribution in [0.25, 0.3) is 0 Å². The molecule has 0 aliphatic carbocycles. The van der Waals surface area contributed by atoms with E-state index in [2.05, 4.69) is 6.92 Å². The van der Waals surface area contributed by atoms with Crippen molar-refractivity contribution in [2.75, 3.05) is 6.61 Å². The standard InChI is InChI=1S/C13H21NO2/c1-4-5-6-7-8-12(9-14)13(15)16-10-11(2)3/h8,11H,4-7,10H2,1-3H3. The minimum atomic E-state index is -0.493. The van der Waals surface area contributed by atoms with E-state index in [9.17, 15) is 4.79 Å². The Kier molecular flexibility index (Phi) is 8.24. The maximum Gasteiger partial charge on any atom is 0.348 e. The molecule has 3 nitrogen and oxygen atoms in total. The number of hydrogen-bond acceptors (Lipinski definition) is 3. The molecule has 0 aliphatic rings. The van der Waals surface area contributed by atoms with Crippen molar-refractivity contribution >= 4 is 5.97 Å². The summed E-state index contributed by atoms with van der Waals surface area (Å²) in [4.78, 5) is 11.4. The number of nitrogens with zero attached hydrogens (tertiary/aromatic N) is 1. The Balaban J connectivity index is 4.06. The zero-order chi connectivity index (χ0) is 12.4. The van der Waals surface area contributed by atoms with Crippen LogP contribution in [-0.4, -0.2) is 12.6 Å². The Bertz CT molecular complexity index is 274. The zero-order valence-corrected chi connectivity index (χ0v) is 10.5. The molecule has 0 atom stereocenters. The van der Waals surface area contributed by atoms with Gasteiger partial charge in [-0.25, -0.2) is 4.79 Å². The number of esters is 1. The lowest BCUT2D eigenvalue weighted by Crippen LogP contribution is -2.11. The van der Waals surface area contributed by atoms with Crippen molar-refractivity contribution in [1.82, 2.24) is 0 Å². The topological polar surface area (TPSA) is 50.1 Å². The summed E-state index contributed by atoms with van der Waals surface area (Å²) in [5.41, 5.74) is 0.136. The van der Waals surface area contributed by atoms with Crippen LogP contribution in [0.1, 0.15) is 46.5 Å². The van der Waals surface area contributed by atoms with Crippen LogP contribution in [0.2, 0.25) is 0 Å². The predicted molar refractivity (Wildman–Crippen MR) is 63.6 cm³/mol. The van der Waals surface area contributed by atoms with E-state index in [4.69, 9.17) is 10.00 Å². The van der Waals surface area contributed by atoms with Gasteiger partial charge in [-0.3, -0.25) is 0 Å². The molecule has 0 unspecified atom stereocenters. The van der Waals surface area contributed by atoms with Gasteiger partial charge in [-0.05, 0) is 18.8 Å². The molecule has 0 aromatic carbocycles. The number of unbranched alkanes of at least 4 members (excludes halogenated alkanes) is 3. The van der Waals surface area contributed by atoms with Gasteiger partial charge in [-0.2, -0.15) is 5.26 Å². The van der Waals surface area contributed by atoms with E-state index >= 15 is 0 Å². The summed E-state index contributed by atoms with van der Waals surface area (Å²) in [6, 6.07) is 1.89. The maximum atomic E-state index is 11.4. The number of carbonyl (C=O) groups is 1. The summed E-state index contributed by atoms with van der Waals surface area (Å²) < 4.78 is 4.98. The molecule has 0 aliphatic heterocycles. The molecule has 0 heterocycles. The molecule has 3 heteroatoms. The van der Waals surface area contributed by atoms with Gasteiger partial charge in [0.15, 0.2) is 0 Å². The Morgan fingerprint density at radius 2 is 2.12 bits per heavy atom. The highest BCUT2D eigenvalue weighted by atomic mass is 16.5. The number of ether oxygens (including phenoxy) is 1. The third-order valence-corrected chi connectivity index (χ3v) is 2.04. The van der Waals surface area contributed by atoms with E-state index in [1.54, 1.807) is 6.08 Å². The highest BCUT2D eigenvalue weighted by Crippen LogP contribution is 2.05. The molecule has 0 amide bonds. The SMILES string of the molecule is CCCCCC=C(C#N)C(=O)OCC(C)C. The molecule has 0 saturated carbocycles. The monoisotopic (exact) mass is 223 g/mol. The minimum absolute atomic E-state index is 0.136. The van der Waals surface area contributed by atoms with E-state index < -0.39 is 5.97 Å². The summed E-state index contributed by atoms with van der Waals surface area (Å²) in [5.74, 6) is -0.198. The Labute approximate surface area is 98.1 Å². The van der Waals surface area contributed by atoms with Crippen molar-refractivity contribution in [3.8, 4) is 6.07 Å². The fourth-order valence-electron chi connectivity index (χ4n) is 1.14. The molecular formula is C13H21NO2. The van der Waals surface area contributed by atoms with E-state index in [1.165, 1.54) is 0 Å². The van der Waals surface area contributed by atoms with Gasteiger partial charge in [-0.15, -0.1) is 0 Å². The Morgan fingerprint density at radius 1 is 1.44 bits per heavy atom. The fraction of sp³-hybridized carbons (Fsp3) is 0.692. The lowest BCUT2D eigenvalue weighted by molar-refractivity contribution is -0.139. The van der Waals surface area contributed by atoms with E-state index in [-0.39, 0.29) is 5.57 Å². The Hall–Kier alpha value is -1.30. The third kappa shape index (κ3) is 7.05. The van der Waals surface area contributed by atoms with E-state index in [0.29, 0.717) is 12.5 Å². The maximum absolute atomic E-state index is 11.4. The molecule has 0 radical (unpaired) electrons. The highest BCUT2D eigenvalue weighted by Gasteiger charge is 2.10. The molecule has 0 saturated heterocycles. The Morgan fingerprint density at radius 3 is 2.62 bits per heavy atom. The molecule has 90 valence electrons. The van der Waals surface area contributed by atoms with Gasteiger partial charge in [0.25, 0.3) is 0 Å². The van der Waals surface area contributed by atoms with Gasteiger partial charge >= 0.3 is 5.97 Å². The summed E-state index contributed by atoms with van der Waals surface area (Å²) >= 11 is 0. The van der Waals surface area contributed by atoms with Crippen LogP contribution in [0.3, 0.4) is 0 Å². The van der Waals surface area contributed by atoms with Gasteiger partial charge in [0.1, 0.15) is 11.6 Å². The van der Waals surface area contributed by atoms with Gasteiger partial charge < -0.3 is 4.74 Å². The second kappa shape index (κ2) is 8.96. The quantitative estimate of drug-likeness (QED) is 0.288. The largest absolute Gasteiger partial charge is 0.461 e. The molecule has 0 fully saturated rings. The van der Waals surface area contributed by atoms with Crippen LogP contribution in [0.15, 0.2) is 11.6 Å². The number of nitriles is 1. The van der Waals surface area contributed by atoms with Crippen molar-refractivity contribution in [3.05, 3.63) is 11.6 Å². The second-order valence-electron chi connectivity index (χ2n) is 4.22. The summed E-state index contributed by atoms with van der Waals surface area (Å²) in [5, 5.41) is 8.80. The lowest BCUT2D eigenvalue weighted by atomic mass is 10.1. The average molecular weight is 223 g/mol. The lowest BCUT2D eigenvalue weighted by Gasteiger charge is -2.05. The predicted octanol–water partition coefficient (Wildman–Crippen LogP) is 3.22. The molecule has 0 spiro atoms. The van der Waals surface area contributed by atoms with E-state index in [1.807, 2.05) is 19.9 Å². The fourth-order valence-corrected chi connectivity index (χ4v) is 1.14. The molecule has 16 heavy (non-hydrogen) atoms. The van der Waals surface area contributed by atoms with Crippen LogP contribution >= 0.6 is 0 Å². The highest BCUT2D eigenvalue weighted by molar-refractivity contribution is 5.92. The first kappa shape index (κ1) is 14.7. The van der Waals surface area contributed by atoms with Gasteiger partial charge in [0.05, 0.1) is 6.61 Å². The van der Waals surface area contributed by atoms with Crippen molar-refractivity contribution < 1.29 is 9.53 Å². The zero-order valence-electron chi connectivity index (χ0n) is 10.5. The van der Waals surface area contributed by atoms with Gasteiger partial charge in [0.2, 0.25) is 0 Å². The first-order valence-electron chi connectivity index (χ1n) is 5.89. The van der Waals surface area contributed by atoms with Crippen LogP contribution in [0.4, 0.5) is 0 Å². The smallest absolute Gasteiger partial charge is 0.348 e. The molecule has 0 bridgehead atoms. The van der Waals surface area contributed by atoms with Crippen molar-refractivity contribution in [3.63, 3.8) is 0 Å². The van der Waals surface area contributed by atoms with Gasteiger partial charge in [-0.1, -0.05) is 39.7 Å². The summed E-state index contributed by atoms with van der Waals surface area (Å²) in [6.07, 6.45) is 5.72. The van der Waals surface area contributed by atoms with Crippen molar-refractivity contribution in [1.29, 1.82) is 5.26 Å². The number of carbonyl (C=O) groups excluding carboxylic acids is 1. The van der Waals surface area contributed by atoms with Crippen LogP contribution in [0, 0.1) is 17.2 Å². The number of hydrogen-bond donors (Lipinski definition) is 0. The number of rotatable bonds is 7. The third-order valence-electron chi connectivity index (χ3n) is 2.04. The number of allylic oxidation sites excluding steroid dienone is 1. The minimum Gasteiger partial charge on any atom is -0.461 e. The summed E-state index contributed by atoms with van der Waals surface area (Å²) in [6.45, 7) is 6.41. The molecule has 0 N–H and O–H groups in total. The van der Waals surface area contributed by atoms with E-state index in [0.717, 1.165) is 25.7 Å². The first-order valence-corrected chi connectivity index (χ1v) is 5.89. The van der Waals surface area contributed by atoms with Crippen molar-refractivity contribution in [2.24, 2.45) is 5.92 Å². The normalized spacial score (nSPS) is 11.3. The molecule has 0 aromatic heterocycles. The molecule has 0 aromatic rings. The van der Waals surface area contributed by atoms with Crippen molar-refractivity contribution in [2.45, 2.75) is 46.5 Å². The first-order chi connectivity index (χ1) is 7.61. The average Bonchev–Trinajstić information content (AvgIpc) is 2.26. The second-order valence-corrected chi connectivity index (χ2v) is 4.22. The molecule has 0 rings (SSSR count). The van der Waals surface area contributed by atoms with Crippen LogP contribution < -0.4 is 0 Å².